The molecule has 0 aliphatic rings. The number of hydrogen-bond acceptors (Lipinski definition) is 1. The van der Waals surface area contributed by atoms with E-state index in [1.165, 1.54) is 0 Å². The van der Waals surface area contributed by atoms with E-state index in [9.17, 15) is 17.6 Å². The Balaban J connectivity index is 2.65. The van der Waals surface area contributed by atoms with Gasteiger partial charge in [-0.05, 0) is 36.6 Å². The van der Waals surface area contributed by atoms with Gasteiger partial charge in [0.2, 0.25) is 5.95 Å². The maximum atomic E-state index is 13.7. The average Bonchev–Trinajstić information content (AvgIpc) is 2.32. The molecule has 0 fully saturated rings. The van der Waals surface area contributed by atoms with Gasteiger partial charge in [0.25, 0.3) is 0 Å². The maximum Gasteiger partial charge on any atom is 0.417 e. The van der Waals surface area contributed by atoms with Crippen LogP contribution >= 0.6 is 0 Å². The smallest absolute Gasteiger partial charge is 0.227 e. The second kappa shape index (κ2) is 4.64. The van der Waals surface area contributed by atoms with Crippen molar-refractivity contribution in [3.8, 4) is 11.1 Å². The third kappa shape index (κ3) is 2.59. The van der Waals surface area contributed by atoms with Gasteiger partial charge in [0.1, 0.15) is 0 Å². The standard InChI is InChI=1S/C14H11F4N/c1-8-4-3-5-11(9(8)2)12-6-10(14(16,17)18)7-19-13(12)15/h3-7H,1-2H3. The van der Waals surface area contributed by atoms with E-state index in [1.54, 1.807) is 19.1 Å². The highest BCUT2D eigenvalue weighted by Gasteiger charge is 2.32. The van der Waals surface area contributed by atoms with Crippen molar-refractivity contribution in [3.63, 3.8) is 0 Å². The van der Waals surface area contributed by atoms with E-state index in [4.69, 9.17) is 0 Å². The Morgan fingerprint density at radius 1 is 1.05 bits per heavy atom. The summed E-state index contributed by atoms with van der Waals surface area (Å²) < 4.78 is 51.6. The lowest BCUT2D eigenvalue weighted by molar-refractivity contribution is -0.137. The Bertz CT molecular complexity index is 617. The van der Waals surface area contributed by atoms with Gasteiger partial charge in [0.05, 0.1) is 5.56 Å². The molecule has 2 rings (SSSR count). The third-order valence-electron chi connectivity index (χ3n) is 3.06. The Morgan fingerprint density at radius 2 is 1.74 bits per heavy atom. The molecule has 0 atom stereocenters. The van der Waals surface area contributed by atoms with Crippen LogP contribution < -0.4 is 0 Å². The van der Waals surface area contributed by atoms with Crippen LogP contribution in [-0.2, 0) is 6.18 Å². The number of nitrogens with zero attached hydrogens (tertiary/aromatic N) is 1. The molecule has 0 saturated heterocycles. The van der Waals surface area contributed by atoms with E-state index in [-0.39, 0.29) is 5.56 Å². The van der Waals surface area contributed by atoms with Crippen LogP contribution in [0.25, 0.3) is 11.1 Å². The summed E-state index contributed by atoms with van der Waals surface area (Å²) in [5, 5.41) is 0. The molecule has 1 nitrogen and oxygen atoms in total. The number of benzene rings is 1. The monoisotopic (exact) mass is 269 g/mol. The molecule has 0 bridgehead atoms. The highest BCUT2D eigenvalue weighted by Crippen LogP contribution is 2.34. The SMILES string of the molecule is Cc1cccc(-c2cc(C(F)(F)F)cnc2F)c1C. The van der Waals surface area contributed by atoms with Gasteiger partial charge in [0.15, 0.2) is 0 Å². The molecule has 0 amide bonds. The Hall–Kier alpha value is -1.91. The number of hydrogen-bond donors (Lipinski definition) is 0. The van der Waals surface area contributed by atoms with Crippen LogP contribution in [0.2, 0.25) is 0 Å². The molecule has 0 saturated carbocycles. The second-order valence-electron chi connectivity index (χ2n) is 4.31. The predicted octanol–water partition coefficient (Wildman–Crippen LogP) is 4.52. The van der Waals surface area contributed by atoms with Crippen LogP contribution in [-0.4, -0.2) is 4.98 Å². The van der Waals surface area contributed by atoms with Gasteiger partial charge in [-0.15, -0.1) is 0 Å². The molecule has 100 valence electrons. The number of aromatic nitrogens is 1. The van der Waals surface area contributed by atoms with Gasteiger partial charge >= 0.3 is 6.18 Å². The molecular weight excluding hydrogens is 258 g/mol. The second-order valence-corrected chi connectivity index (χ2v) is 4.31. The molecule has 19 heavy (non-hydrogen) atoms. The minimum Gasteiger partial charge on any atom is -0.227 e. The zero-order valence-corrected chi connectivity index (χ0v) is 10.3. The van der Waals surface area contributed by atoms with E-state index in [2.05, 4.69) is 4.98 Å². The van der Waals surface area contributed by atoms with Gasteiger partial charge in [-0.1, -0.05) is 18.2 Å². The average molecular weight is 269 g/mol. The fourth-order valence-corrected chi connectivity index (χ4v) is 1.83. The molecule has 0 aliphatic heterocycles. The molecular formula is C14H11F4N. The van der Waals surface area contributed by atoms with Crippen molar-refractivity contribution in [1.29, 1.82) is 0 Å². The largest absolute Gasteiger partial charge is 0.417 e. The molecule has 1 aromatic carbocycles. The van der Waals surface area contributed by atoms with E-state index >= 15 is 0 Å². The molecule has 1 heterocycles. The van der Waals surface area contributed by atoms with Crippen molar-refractivity contribution in [2.75, 3.05) is 0 Å². The molecule has 5 heteroatoms. The van der Waals surface area contributed by atoms with Crippen LogP contribution in [0.15, 0.2) is 30.5 Å². The predicted molar refractivity (Wildman–Crippen MR) is 64.1 cm³/mol. The first kappa shape index (κ1) is 13.5. The molecule has 2 aromatic rings. The van der Waals surface area contributed by atoms with Crippen LogP contribution in [0.4, 0.5) is 17.6 Å². The van der Waals surface area contributed by atoms with Crippen LogP contribution in [0, 0.1) is 19.8 Å². The minimum absolute atomic E-state index is 0.129. The molecule has 0 unspecified atom stereocenters. The van der Waals surface area contributed by atoms with Crippen LogP contribution in [0.3, 0.4) is 0 Å². The van der Waals surface area contributed by atoms with Crippen molar-refractivity contribution in [1.82, 2.24) is 4.98 Å². The number of halogens is 4. The Labute approximate surface area is 107 Å². The maximum absolute atomic E-state index is 13.7. The summed E-state index contributed by atoms with van der Waals surface area (Å²) in [4.78, 5) is 3.21. The fraction of sp³-hybridized carbons (Fsp3) is 0.214. The first-order chi connectivity index (χ1) is 8.80. The lowest BCUT2D eigenvalue weighted by Crippen LogP contribution is -2.07. The molecule has 0 spiro atoms. The summed E-state index contributed by atoms with van der Waals surface area (Å²) >= 11 is 0. The number of pyridine rings is 1. The lowest BCUT2D eigenvalue weighted by Gasteiger charge is -2.12. The number of alkyl halides is 3. The summed E-state index contributed by atoms with van der Waals surface area (Å²) in [7, 11) is 0. The van der Waals surface area contributed by atoms with E-state index in [0.29, 0.717) is 11.8 Å². The van der Waals surface area contributed by atoms with Gasteiger partial charge in [-0.25, -0.2) is 4.98 Å². The molecule has 1 aromatic heterocycles. The quantitative estimate of drug-likeness (QED) is 0.547. The van der Waals surface area contributed by atoms with Crippen molar-refractivity contribution in [2.24, 2.45) is 0 Å². The third-order valence-corrected chi connectivity index (χ3v) is 3.06. The minimum atomic E-state index is -4.53. The van der Waals surface area contributed by atoms with Crippen molar-refractivity contribution < 1.29 is 17.6 Å². The summed E-state index contributed by atoms with van der Waals surface area (Å²) in [6.45, 7) is 3.56. The zero-order valence-electron chi connectivity index (χ0n) is 10.3. The topological polar surface area (TPSA) is 12.9 Å². The highest BCUT2D eigenvalue weighted by molar-refractivity contribution is 5.68. The summed E-state index contributed by atoms with van der Waals surface area (Å²) in [5.74, 6) is -0.901. The zero-order chi connectivity index (χ0) is 14.2. The molecule has 0 N–H and O–H groups in total. The fourth-order valence-electron chi connectivity index (χ4n) is 1.83. The van der Waals surface area contributed by atoms with Crippen molar-refractivity contribution in [3.05, 3.63) is 53.1 Å². The number of aryl methyl sites for hydroxylation is 1. The van der Waals surface area contributed by atoms with Crippen LogP contribution in [0.1, 0.15) is 16.7 Å². The summed E-state index contributed by atoms with van der Waals surface area (Å²) in [6.07, 6.45) is -4.03. The van der Waals surface area contributed by atoms with Gasteiger partial charge in [0, 0.05) is 11.8 Å². The summed E-state index contributed by atoms with van der Waals surface area (Å²) in [5.41, 5.74) is 0.966. The lowest BCUT2D eigenvalue weighted by atomic mass is 9.97. The van der Waals surface area contributed by atoms with Gasteiger partial charge in [-0.3, -0.25) is 0 Å². The first-order valence-electron chi connectivity index (χ1n) is 5.60. The first-order valence-corrected chi connectivity index (χ1v) is 5.60. The highest BCUT2D eigenvalue weighted by atomic mass is 19.4. The number of rotatable bonds is 1. The molecule has 0 radical (unpaired) electrons. The van der Waals surface area contributed by atoms with Gasteiger partial charge < -0.3 is 0 Å². The van der Waals surface area contributed by atoms with Gasteiger partial charge in [-0.2, -0.15) is 17.6 Å². The Morgan fingerprint density at radius 3 is 2.37 bits per heavy atom. The Kier molecular flexibility index (Phi) is 3.30. The van der Waals surface area contributed by atoms with E-state index in [1.807, 2.05) is 13.0 Å². The van der Waals surface area contributed by atoms with Crippen molar-refractivity contribution in [2.45, 2.75) is 20.0 Å². The normalized spacial score (nSPS) is 11.7. The van der Waals surface area contributed by atoms with E-state index in [0.717, 1.165) is 17.2 Å². The van der Waals surface area contributed by atoms with E-state index < -0.39 is 17.7 Å². The molecule has 0 aliphatic carbocycles. The van der Waals surface area contributed by atoms with Crippen LogP contribution in [0.5, 0.6) is 0 Å². The van der Waals surface area contributed by atoms with Crippen molar-refractivity contribution >= 4 is 0 Å². The summed E-state index contributed by atoms with van der Waals surface area (Å²) in [6, 6.07) is 5.88.